The highest BCUT2D eigenvalue weighted by molar-refractivity contribution is 6.18. The SMILES string of the molecule is c1ccc(-c2nc(-c3c(-c4ccccc4)ccc4oc5ccccc5c34)nc(-c3cccc4oc5cccc(-c6ccccc6)c5c34)n2)cc1. The van der Waals surface area contributed by atoms with Gasteiger partial charge in [-0.25, -0.2) is 15.0 Å². The van der Waals surface area contributed by atoms with Crippen molar-refractivity contribution in [2.45, 2.75) is 0 Å². The van der Waals surface area contributed by atoms with Gasteiger partial charge in [0.2, 0.25) is 0 Å². The first-order valence-corrected chi connectivity index (χ1v) is 16.6. The summed E-state index contributed by atoms with van der Waals surface area (Å²) in [7, 11) is 0. The number of benzene rings is 7. The van der Waals surface area contributed by atoms with E-state index in [-0.39, 0.29) is 0 Å². The number of furan rings is 2. The van der Waals surface area contributed by atoms with Gasteiger partial charge in [0.25, 0.3) is 0 Å². The van der Waals surface area contributed by atoms with Crippen molar-refractivity contribution >= 4 is 43.9 Å². The predicted octanol–water partition coefficient (Wildman–Crippen LogP) is 12.0. The van der Waals surface area contributed by atoms with Gasteiger partial charge in [0.15, 0.2) is 17.5 Å². The number of rotatable bonds is 5. The Morgan fingerprint density at radius 2 is 0.800 bits per heavy atom. The minimum Gasteiger partial charge on any atom is -0.456 e. The van der Waals surface area contributed by atoms with Crippen LogP contribution in [0.3, 0.4) is 0 Å². The second-order valence-corrected chi connectivity index (χ2v) is 12.3. The fraction of sp³-hybridized carbons (Fsp3) is 0. The topological polar surface area (TPSA) is 65.0 Å². The number of hydrogen-bond acceptors (Lipinski definition) is 5. The van der Waals surface area contributed by atoms with Gasteiger partial charge >= 0.3 is 0 Å². The molecule has 0 aliphatic rings. The highest BCUT2D eigenvalue weighted by Gasteiger charge is 2.24. The van der Waals surface area contributed by atoms with Crippen molar-refractivity contribution in [1.29, 1.82) is 0 Å². The Morgan fingerprint density at radius 1 is 0.300 bits per heavy atom. The second-order valence-electron chi connectivity index (χ2n) is 12.3. The first-order chi connectivity index (χ1) is 24.8. The van der Waals surface area contributed by atoms with Crippen LogP contribution in [0.5, 0.6) is 0 Å². The van der Waals surface area contributed by atoms with Gasteiger partial charge in [-0.1, -0.05) is 133 Å². The van der Waals surface area contributed by atoms with E-state index in [9.17, 15) is 0 Å². The summed E-state index contributed by atoms with van der Waals surface area (Å²) in [5.74, 6) is 1.72. The average molecular weight is 642 g/mol. The molecule has 0 radical (unpaired) electrons. The van der Waals surface area contributed by atoms with Crippen molar-refractivity contribution in [3.63, 3.8) is 0 Å². The summed E-state index contributed by atoms with van der Waals surface area (Å²) in [5, 5.41) is 3.97. The Labute approximate surface area is 287 Å². The third kappa shape index (κ3) is 4.52. The summed E-state index contributed by atoms with van der Waals surface area (Å²) in [6.07, 6.45) is 0. The molecule has 10 aromatic rings. The molecule has 0 unspecified atom stereocenters. The van der Waals surface area contributed by atoms with Crippen molar-refractivity contribution in [2.24, 2.45) is 0 Å². The quantitative estimate of drug-likeness (QED) is 0.187. The van der Waals surface area contributed by atoms with Gasteiger partial charge in [-0.3, -0.25) is 0 Å². The van der Waals surface area contributed by atoms with Crippen LogP contribution < -0.4 is 0 Å². The average Bonchev–Trinajstić information content (AvgIpc) is 3.77. The van der Waals surface area contributed by atoms with E-state index in [0.717, 1.165) is 82.8 Å². The lowest BCUT2D eigenvalue weighted by atomic mass is 9.94. The van der Waals surface area contributed by atoms with E-state index >= 15 is 0 Å². The smallest absolute Gasteiger partial charge is 0.165 e. The van der Waals surface area contributed by atoms with Gasteiger partial charge in [-0.2, -0.15) is 0 Å². The second kappa shape index (κ2) is 11.4. The van der Waals surface area contributed by atoms with Crippen LogP contribution >= 0.6 is 0 Å². The van der Waals surface area contributed by atoms with E-state index in [1.54, 1.807) is 0 Å². The van der Waals surface area contributed by atoms with E-state index in [1.807, 2.05) is 91.0 Å². The molecule has 0 amide bonds. The Bertz CT molecular complexity index is 2860. The minimum atomic E-state index is 0.564. The van der Waals surface area contributed by atoms with Gasteiger partial charge in [-0.05, 0) is 52.6 Å². The molecule has 3 heterocycles. The van der Waals surface area contributed by atoms with Gasteiger partial charge < -0.3 is 8.83 Å². The van der Waals surface area contributed by atoms with Crippen molar-refractivity contribution < 1.29 is 8.83 Å². The summed E-state index contributed by atoms with van der Waals surface area (Å²) >= 11 is 0. The minimum absolute atomic E-state index is 0.564. The lowest BCUT2D eigenvalue weighted by Crippen LogP contribution is -2.02. The standard InChI is InChI=1S/C45H27N3O2/c1-4-14-28(15-5-1)31-21-12-24-36-39(31)41-34(22-13-25-37(41)50-36)44-46-43(30-18-8-3-9-19-30)47-45(48-44)42-32(29-16-6-2-7-17-29)26-27-38-40(42)33-20-10-11-23-35(33)49-38/h1-27H. The highest BCUT2D eigenvalue weighted by atomic mass is 16.3. The summed E-state index contributed by atoms with van der Waals surface area (Å²) < 4.78 is 12.9. The molecule has 5 nitrogen and oxygen atoms in total. The van der Waals surface area contributed by atoms with Crippen LogP contribution in [-0.2, 0) is 0 Å². The van der Waals surface area contributed by atoms with Gasteiger partial charge in [0.05, 0.1) is 0 Å². The Kier molecular flexibility index (Phi) is 6.42. The van der Waals surface area contributed by atoms with Crippen molar-refractivity contribution in [1.82, 2.24) is 15.0 Å². The van der Waals surface area contributed by atoms with Gasteiger partial charge in [0.1, 0.15) is 22.3 Å². The molecule has 0 saturated heterocycles. The molecule has 0 bridgehead atoms. The maximum Gasteiger partial charge on any atom is 0.165 e. The van der Waals surface area contributed by atoms with Crippen molar-refractivity contribution in [2.75, 3.05) is 0 Å². The molecular formula is C45H27N3O2. The summed E-state index contributed by atoms with van der Waals surface area (Å²) in [6.45, 7) is 0. The van der Waals surface area contributed by atoms with Gasteiger partial charge in [-0.15, -0.1) is 0 Å². The molecule has 5 heteroatoms. The maximum atomic E-state index is 6.50. The van der Waals surface area contributed by atoms with Crippen LogP contribution in [0.1, 0.15) is 0 Å². The van der Waals surface area contributed by atoms with Crippen LogP contribution in [-0.4, -0.2) is 15.0 Å². The molecule has 3 aromatic heterocycles. The molecule has 50 heavy (non-hydrogen) atoms. The molecule has 0 fully saturated rings. The third-order valence-electron chi connectivity index (χ3n) is 9.37. The van der Waals surface area contributed by atoms with E-state index in [1.165, 1.54) is 0 Å². The van der Waals surface area contributed by atoms with Crippen LogP contribution in [0, 0.1) is 0 Å². The number of para-hydroxylation sites is 1. The first kappa shape index (κ1) is 28.2. The first-order valence-electron chi connectivity index (χ1n) is 16.6. The number of nitrogens with zero attached hydrogens (tertiary/aromatic N) is 3. The zero-order valence-corrected chi connectivity index (χ0v) is 26.7. The lowest BCUT2D eigenvalue weighted by Gasteiger charge is -2.14. The Hall–Kier alpha value is -6.85. The van der Waals surface area contributed by atoms with Crippen molar-refractivity contribution in [3.05, 3.63) is 164 Å². The molecule has 0 saturated carbocycles. The molecule has 0 aliphatic carbocycles. The van der Waals surface area contributed by atoms with Crippen LogP contribution in [0.25, 0.3) is 100 Å². The molecule has 0 aliphatic heterocycles. The lowest BCUT2D eigenvalue weighted by molar-refractivity contribution is 0.668. The zero-order chi connectivity index (χ0) is 33.0. The molecular weight excluding hydrogens is 615 g/mol. The third-order valence-corrected chi connectivity index (χ3v) is 9.37. The summed E-state index contributed by atoms with van der Waals surface area (Å²) in [6, 6.07) is 55.5. The molecule has 10 rings (SSSR count). The molecule has 7 aromatic carbocycles. The number of aromatic nitrogens is 3. The largest absolute Gasteiger partial charge is 0.456 e. The van der Waals surface area contributed by atoms with E-state index in [4.69, 9.17) is 23.8 Å². The van der Waals surface area contributed by atoms with Crippen LogP contribution in [0.15, 0.2) is 173 Å². The van der Waals surface area contributed by atoms with Gasteiger partial charge in [0, 0.05) is 38.2 Å². The van der Waals surface area contributed by atoms with E-state index < -0.39 is 0 Å². The van der Waals surface area contributed by atoms with E-state index in [0.29, 0.717) is 17.5 Å². The van der Waals surface area contributed by atoms with E-state index in [2.05, 4.69) is 72.8 Å². The highest BCUT2D eigenvalue weighted by Crippen LogP contribution is 2.44. The fourth-order valence-corrected chi connectivity index (χ4v) is 7.14. The normalized spacial score (nSPS) is 11.6. The van der Waals surface area contributed by atoms with Crippen LogP contribution in [0.2, 0.25) is 0 Å². The molecule has 234 valence electrons. The number of fused-ring (bicyclic) bond motifs is 6. The van der Waals surface area contributed by atoms with Crippen molar-refractivity contribution in [3.8, 4) is 56.4 Å². The Morgan fingerprint density at radius 3 is 1.52 bits per heavy atom. The summed E-state index contributed by atoms with van der Waals surface area (Å²) in [5.41, 5.74) is 10.1. The molecule has 0 N–H and O–H groups in total. The Balaban J connectivity index is 1.32. The van der Waals surface area contributed by atoms with Crippen LogP contribution in [0.4, 0.5) is 0 Å². The molecule has 0 spiro atoms. The monoisotopic (exact) mass is 641 g/mol. The number of hydrogen-bond donors (Lipinski definition) is 0. The maximum absolute atomic E-state index is 6.50. The fourth-order valence-electron chi connectivity index (χ4n) is 7.14. The zero-order valence-electron chi connectivity index (χ0n) is 26.7. The predicted molar refractivity (Wildman–Crippen MR) is 202 cm³/mol. The summed E-state index contributed by atoms with van der Waals surface area (Å²) in [4.78, 5) is 15.8. The molecule has 0 atom stereocenters.